The van der Waals surface area contributed by atoms with Crippen LogP contribution in [-0.2, 0) is 16.6 Å². The lowest BCUT2D eigenvalue weighted by molar-refractivity contribution is 0.102. The highest BCUT2D eigenvalue weighted by atomic mass is 32.2. The first-order valence-electron chi connectivity index (χ1n) is 7.94. The van der Waals surface area contributed by atoms with Crippen molar-refractivity contribution in [3.05, 3.63) is 53.7 Å². The highest BCUT2D eigenvalue weighted by Crippen LogP contribution is 2.15. The van der Waals surface area contributed by atoms with Crippen molar-refractivity contribution in [1.82, 2.24) is 4.98 Å². The number of nitrogens with zero attached hydrogens (tertiary/aromatic N) is 2. The number of rotatable bonds is 7. The van der Waals surface area contributed by atoms with E-state index >= 15 is 0 Å². The lowest BCUT2D eigenvalue weighted by Gasteiger charge is -2.19. The predicted octanol–water partition coefficient (Wildman–Crippen LogP) is 3.06. The van der Waals surface area contributed by atoms with Crippen LogP contribution in [0.3, 0.4) is 0 Å². The molecule has 0 aliphatic heterocycles. The Balaban J connectivity index is 2.08. The van der Waals surface area contributed by atoms with E-state index in [1.165, 1.54) is 0 Å². The zero-order chi connectivity index (χ0) is 17.5. The van der Waals surface area contributed by atoms with Crippen LogP contribution in [0.15, 0.2) is 42.6 Å². The Morgan fingerprint density at radius 2 is 1.96 bits per heavy atom. The van der Waals surface area contributed by atoms with E-state index < -0.39 is 10.8 Å². The van der Waals surface area contributed by atoms with Crippen molar-refractivity contribution in [2.75, 3.05) is 29.6 Å². The number of benzene rings is 1. The van der Waals surface area contributed by atoms with Crippen LogP contribution in [0.5, 0.6) is 0 Å². The molecule has 2 aromatic rings. The van der Waals surface area contributed by atoms with Gasteiger partial charge in [0.15, 0.2) is 0 Å². The van der Waals surface area contributed by atoms with Crippen LogP contribution in [0.2, 0.25) is 0 Å². The number of aromatic nitrogens is 1. The summed E-state index contributed by atoms with van der Waals surface area (Å²) in [5, 5.41) is 2.85. The maximum Gasteiger partial charge on any atom is 0.255 e. The largest absolute Gasteiger partial charge is 0.357 e. The molecule has 0 fully saturated rings. The zero-order valence-corrected chi connectivity index (χ0v) is 15.1. The third-order valence-corrected chi connectivity index (χ3v) is 4.39. The SMILES string of the molecule is CCN(CC)c1ccc(NC(=O)c2cccc(CS(C)=O)c2)cn1. The summed E-state index contributed by atoms with van der Waals surface area (Å²) in [6.45, 7) is 5.94. The maximum atomic E-state index is 12.4. The first-order chi connectivity index (χ1) is 11.5. The van der Waals surface area contributed by atoms with Gasteiger partial charge < -0.3 is 10.2 Å². The van der Waals surface area contributed by atoms with E-state index in [2.05, 4.69) is 29.0 Å². The summed E-state index contributed by atoms with van der Waals surface area (Å²) >= 11 is 0. The van der Waals surface area contributed by atoms with Crippen molar-refractivity contribution in [3.8, 4) is 0 Å². The molecule has 2 rings (SSSR count). The minimum Gasteiger partial charge on any atom is -0.357 e. The summed E-state index contributed by atoms with van der Waals surface area (Å²) < 4.78 is 11.3. The van der Waals surface area contributed by atoms with Gasteiger partial charge in [-0.1, -0.05) is 12.1 Å². The van der Waals surface area contributed by atoms with E-state index in [1.54, 1.807) is 30.7 Å². The van der Waals surface area contributed by atoms with Gasteiger partial charge >= 0.3 is 0 Å². The van der Waals surface area contributed by atoms with Gasteiger partial charge in [-0.2, -0.15) is 0 Å². The second kappa shape index (κ2) is 8.59. The van der Waals surface area contributed by atoms with E-state index in [1.807, 2.05) is 18.2 Å². The van der Waals surface area contributed by atoms with Crippen molar-refractivity contribution in [3.63, 3.8) is 0 Å². The lowest BCUT2D eigenvalue weighted by Crippen LogP contribution is -2.22. The molecule has 1 amide bonds. The van der Waals surface area contributed by atoms with Crippen LogP contribution < -0.4 is 10.2 Å². The van der Waals surface area contributed by atoms with Gasteiger partial charge in [0.2, 0.25) is 0 Å². The van der Waals surface area contributed by atoms with Crippen LogP contribution >= 0.6 is 0 Å². The van der Waals surface area contributed by atoms with Crippen molar-refractivity contribution in [2.45, 2.75) is 19.6 Å². The normalized spacial score (nSPS) is 11.8. The fraction of sp³-hybridized carbons (Fsp3) is 0.333. The number of carbonyl (C=O) groups excluding carboxylic acids is 1. The second-order valence-corrected chi connectivity index (χ2v) is 6.88. The molecule has 0 aliphatic carbocycles. The summed E-state index contributed by atoms with van der Waals surface area (Å²) in [6, 6.07) is 10.9. The van der Waals surface area contributed by atoms with Crippen molar-refractivity contribution >= 4 is 28.2 Å². The van der Waals surface area contributed by atoms with Crippen LogP contribution in [0.4, 0.5) is 11.5 Å². The molecule has 1 N–H and O–H groups in total. The highest BCUT2D eigenvalue weighted by molar-refractivity contribution is 7.83. The topological polar surface area (TPSA) is 62.3 Å². The molecular formula is C18H23N3O2S. The van der Waals surface area contributed by atoms with Gasteiger partial charge in [0.05, 0.1) is 11.9 Å². The number of anilines is 2. The Kier molecular flexibility index (Phi) is 6.49. The van der Waals surface area contributed by atoms with Gasteiger partial charge in [0.1, 0.15) is 5.82 Å². The Morgan fingerprint density at radius 3 is 2.54 bits per heavy atom. The minimum atomic E-state index is -0.932. The molecule has 0 bridgehead atoms. The molecule has 5 nitrogen and oxygen atoms in total. The maximum absolute atomic E-state index is 12.4. The van der Waals surface area contributed by atoms with Gasteiger partial charge in [0, 0.05) is 41.5 Å². The third kappa shape index (κ3) is 4.89. The average molecular weight is 345 g/mol. The molecule has 1 atom stereocenters. The lowest BCUT2D eigenvalue weighted by atomic mass is 10.1. The molecular weight excluding hydrogens is 322 g/mol. The molecule has 1 aromatic heterocycles. The number of nitrogens with one attached hydrogen (secondary N) is 1. The fourth-order valence-corrected chi connectivity index (χ4v) is 3.08. The van der Waals surface area contributed by atoms with Gasteiger partial charge in [-0.15, -0.1) is 0 Å². The van der Waals surface area contributed by atoms with Crippen LogP contribution in [0.1, 0.15) is 29.8 Å². The number of hydrogen-bond acceptors (Lipinski definition) is 4. The summed E-state index contributed by atoms with van der Waals surface area (Å²) in [4.78, 5) is 18.9. The predicted molar refractivity (Wildman–Crippen MR) is 100.0 cm³/mol. The Bertz CT molecular complexity index is 712. The molecule has 0 aliphatic rings. The highest BCUT2D eigenvalue weighted by Gasteiger charge is 2.09. The Labute approximate surface area is 145 Å². The van der Waals surface area contributed by atoms with Crippen LogP contribution in [-0.4, -0.2) is 34.4 Å². The van der Waals surface area contributed by atoms with Crippen LogP contribution in [0, 0.1) is 0 Å². The summed E-state index contributed by atoms with van der Waals surface area (Å²) in [6.07, 6.45) is 3.31. The fourth-order valence-electron chi connectivity index (χ4n) is 2.43. The monoisotopic (exact) mass is 345 g/mol. The van der Waals surface area contributed by atoms with Crippen molar-refractivity contribution in [1.29, 1.82) is 0 Å². The average Bonchev–Trinajstić information content (AvgIpc) is 2.57. The molecule has 1 aromatic carbocycles. The molecule has 1 heterocycles. The van der Waals surface area contributed by atoms with E-state index in [9.17, 15) is 9.00 Å². The number of amides is 1. The van der Waals surface area contributed by atoms with Gasteiger partial charge in [-0.25, -0.2) is 4.98 Å². The van der Waals surface area contributed by atoms with E-state index in [-0.39, 0.29) is 5.91 Å². The van der Waals surface area contributed by atoms with Gasteiger partial charge in [-0.05, 0) is 43.7 Å². The smallest absolute Gasteiger partial charge is 0.255 e. The van der Waals surface area contributed by atoms with E-state index in [0.717, 1.165) is 24.5 Å². The Hall–Kier alpha value is -2.21. The quantitative estimate of drug-likeness (QED) is 0.838. The molecule has 0 saturated heterocycles. The molecule has 1 unspecified atom stereocenters. The number of hydrogen-bond donors (Lipinski definition) is 1. The van der Waals surface area contributed by atoms with Crippen molar-refractivity contribution < 1.29 is 9.00 Å². The molecule has 128 valence electrons. The molecule has 0 spiro atoms. The van der Waals surface area contributed by atoms with Gasteiger partial charge in [-0.3, -0.25) is 9.00 Å². The molecule has 0 saturated carbocycles. The molecule has 6 heteroatoms. The molecule has 24 heavy (non-hydrogen) atoms. The minimum absolute atomic E-state index is 0.198. The molecule has 0 radical (unpaired) electrons. The first kappa shape index (κ1) is 18.1. The van der Waals surface area contributed by atoms with E-state index in [0.29, 0.717) is 17.0 Å². The summed E-state index contributed by atoms with van der Waals surface area (Å²) in [5.41, 5.74) is 2.09. The third-order valence-electron chi connectivity index (χ3n) is 3.65. The number of pyridine rings is 1. The summed E-state index contributed by atoms with van der Waals surface area (Å²) in [5.74, 6) is 1.14. The second-order valence-electron chi connectivity index (χ2n) is 5.45. The Morgan fingerprint density at radius 1 is 1.21 bits per heavy atom. The summed E-state index contributed by atoms with van der Waals surface area (Å²) in [7, 11) is -0.932. The zero-order valence-electron chi connectivity index (χ0n) is 14.3. The van der Waals surface area contributed by atoms with Crippen molar-refractivity contribution in [2.24, 2.45) is 0 Å². The van der Waals surface area contributed by atoms with E-state index in [4.69, 9.17) is 0 Å². The number of carbonyl (C=O) groups is 1. The van der Waals surface area contributed by atoms with Crippen LogP contribution in [0.25, 0.3) is 0 Å². The van der Waals surface area contributed by atoms with Gasteiger partial charge in [0.25, 0.3) is 5.91 Å². The first-order valence-corrected chi connectivity index (χ1v) is 9.67. The standard InChI is InChI=1S/C18H23N3O2S/c1-4-21(5-2)17-10-9-16(12-19-17)20-18(22)15-8-6-7-14(11-15)13-24(3)23/h6-12H,4-5,13H2,1-3H3,(H,20,22).